The van der Waals surface area contributed by atoms with Crippen molar-refractivity contribution in [2.24, 2.45) is 0 Å². The molecule has 0 aliphatic rings. The predicted octanol–water partition coefficient (Wildman–Crippen LogP) is 3.65. The molecule has 0 aromatic heterocycles. The highest BCUT2D eigenvalue weighted by atomic mass is 35.5. The topological polar surface area (TPSA) is 72.2 Å². The van der Waals surface area contributed by atoms with Crippen LogP contribution >= 0.6 is 11.6 Å². The summed E-state index contributed by atoms with van der Waals surface area (Å²) >= 11 is 6.01. The molecule has 1 N–H and O–H groups in total. The van der Waals surface area contributed by atoms with Crippen LogP contribution in [0.5, 0.6) is 0 Å². The summed E-state index contributed by atoms with van der Waals surface area (Å²) in [5.74, 6) is -1.41. The van der Waals surface area contributed by atoms with E-state index in [1.807, 2.05) is 0 Å². The van der Waals surface area contributed by atoms with E-state index in [2.05, 4.69) is 5.32 Å². The van der Waals surface area contributed by atoms with Crippen LogP contribution in [0.4, 0.5) is 15.8 Å². The maximum atomic E-state index is 13.3. The summed E-state index contributed by atoms with van der Waals surface area (Å²) in [5, 5.41) is 12.0. The van der Waals surface area contributed by atoms with Gasteiger partial charge in [0.2, 0.25) is 5.91 Å². The first kappa shape index (κ1) is 14.9. The van der Waals surface area contributed by atoms with Gasteiger partial charge in [-0.2, -0.15) is 0 Å². The third kappa shape index (κ3) is 3.76. The molecule has 21 heavy (non-hydrogen) atoms. The molecule has 5 nitrogen and oxygen atoms in total. The van der Waals surface area contributed by atoms with Gasteiger partial charge >= 0.3 is 0 Å². The first-order chi connectivity index (χ1) is 9.97. The molecule has 1 atom stereocenters. The fourth-order valence-corrected chi connectivity index (χ4v) is 1.93. The van der Waals surface area contributed by atoms with Gasteiger partial charge in [-0.15, -0.1) is 11.6 Å². The number of anilines is 1. The number of nitrogens with one attached hydrogen (secondary N) is 1. The normalized spacial score (nSPS) is 11.7. The fraction of sp³-hybridized carbons (Fsp3) is 0.0714. The largest absolute Gasteiger partial charge is 0.324 e. The number of carbonyl (C=O) groups excluding carboxylic acids is 1. The van der Waals surface area contributed by atoms with Crippen molar-refractivity contribution < 1.29 is 14.1 Å². The second-order valence-electron chi connectivity index (χ2n) is 4.22. The van der Waals surface area contributed by atoms with E-state index in [4.69, 9.17) is 11.6 Å². The number of non-ortho nitro benzene ring substituents is 1. The average molecular weight is 309 g/mol. The van der Waals surface area contributed by atoms with Crippen LogP contribution in [0.25, 0.3) is 0 Å². The third-order valence-corrected chi connectivity index (χ3v) is 3.13. The Hall–Kier alpha value is -2.47. The van der Waals surface area contributed by atoms with Crippen LogP contribution < -0.4 is 5.32 Å². The van der Waals surface area contributed by atoms with Gasteiger partial charge in [0.25, 0.3) is 5.69 Å². The van der Waals surface area contributed by atoms with Crippen molar-refractivity contribution in [2.75, 3.05) is 5.32 Å². The first-order valence-electron chi connectivity index (χ1n) is 5.92. The molecule has 1 amide bonds. The van der Waals surface area contributed by atoms with Gasteiger partial charge in [0.1, 0.15) is 11.2 Å². The molecule has 7 heteroatoms. The second kappa shape index (κ2) is 6.32. The maximum absolute atomic E-state index is 13.3. The van der Waals surface area contributed by atoms with E-state index in [9.17, 15) is 19.3 Å². The molecule has 1 unspecified atom stereocenters. The number of hydrogen-bond acceptors (Lipinski definition) is 3. The number of nitrogens with zero attached hydrogens (tertiary/aromatic N) is 1. The molecular weight excluding hydrogens is 299 g/mol. The number of amides is 1. The molecule has 0 aliphatic heterocycles. The lowest BCUT2D eigenvalue weighted by molar-refractivity contribution is -0.385. The van der Waals surface area contributed by atoms with Crippen LogP contribution in [-0.4, -0.2) is 10.8 Å². The predicted molar refractivity (Wildman–Crippen MR) is 76.7 cm³/mol. The number of nitro groups is 1. The Bertz CT molecular complexity index is 679. The van der Waals surface area contributed by atoms with Crippen LogP contribution in [-0.2, 0) is 4.79 Å². The Morgan fingerprint density at radius 3 is 2.52 bits per heavy atom. The summed E-state index contributed by atoms with van der Waals surface area (Å²) in [6.07, 6.45) is 0. The van der Waals surface area contributed by atoms with Crippen molar-refractivity contribution in [1.29, 1.82) is 0 Å². The molecule has 2 rings (SSSR count). The number of halogens is 2. The van der Waals surface area contributed by atoms with E-state index >= 15 is 0 Å². The third-order valence-electron chi connectivity index (χ3n) is 2.68. The molecule has 0 spiro atoms. The highest BCUT2D eigenvalue weighted by Crippen LogP contribution is 2.24. The first-order valence-corrected chi connectivity index (χ1v) is 6.36. The summed E-state index contributed by atoms with van der Waals surface area (Å²) in [4.78, 5) is 21.9. The number of benzene rings is 2. The Morgan fingerprint density at radius 2 is 1.90 bits per heavy atom. The van der Waals surface area contributed by atoms with Gasteiger partial charge in [-0.05, 0) is 11.6 Å². The van der Waals surface area contributed by atoms with Crippen molar-refractivity contribution in [3.05, 3.63) is 70.0 Å². The lowest BCUT2D eigenvalue weighted by atomic mass is 10.1. The lowest BCUT2D eigenvalue weighted by Crippen LogP contribution is -2.17. The molecule has 0 fully saturated rings. The van der Waals surface area contributed by atoms with Gasteiger partial charge in [-0.25, -0.2) is 4.39 Å². The molecule has 0 radical (unpaired) electrons. The Kier molecular flexibility index (Phi) is 4.49. The molecule has 2 aromatic carbocycles. The monoisotopic (exact) mass is 308 g/mol. The van der Waals surface area contributed by atoms with Crippen molar-refractivity contribution >= 4 is 28.9 Å². The van der Waals surface area contributed by atoms with Gasteiger partial charge in [0.15, 0.2) is 0 Å². The summed E-state index contributed by atoms with van der Waals surface area (Å²) in [6, 6.07) is 11.4. The second-order valence-corrected chi connectivity index (χ2v) is 4.65. The smallest absolute Gasteiger partial charge is 0.274 e. The highest BCUT2D eigenvalue weighted by Gasteiger charge is 2.19. The number of hydrogen-bond donors (Lipinski definition) is 1. The van der Waals surface area contributed by atoms with E-state index in [-0.39, 0.29) is 5.69 Å². The number of nitro benzene ring substituents is 1. The molecule has 108 valence electrons. The Morgan fingerprint density at radius 1 is 1.24 bits per heavy atom. The highest BCUT2D eigenvalue weighted by molar-refractivity contribution is 6.32. The molecule has 0 heterocycles. The van der Waals surface area contributed by atoms with E-state index in [0.717, 1.165) is 18.2 Å². The molecule has 0 aliphatic carbocycles. The van der Waals surface area contributed by atoms with Crippen molar-refractivity contribution in [1.82, 2.24) is 0 Å². The van der Waals surface area contributed by atoms with E-state index in [1.165, 1.54) is 0 Å². The van der Waals surface area contributed by atoms with Gasteiger partial charge in [-0.1, -0.05) is 30.3 Å². The van der Waals surface area contributed by atoms with Gasteiger partial charge in [-0.3, -0.25) is 14.9 Å². The minimum atomic E-state index is -0.978. The number of carbonyl (C=O) groups is 1. The van der Waals surface area contributed by atoms with Crippen LogP contribution in [0.1, 0.15) is 10.9 Å². The SMILES string of the molecule is O=C(Nc1cc(F)cc([N+](=O)[O-])c1)C(Cl)c1ccccc1. The minimum Gasteiger partial charge on any atom is -0.324 e. The summed E-state index contributed by atoms with van der Waals surface area (Å²) in [5.41, 5.74) is 0.104. The standard InChI is InChI=1S/C14H10ClFN2O3/c15-13(9-4-2-1-3-5-9)14(19)17-11-6-10(16)7-12(8-11)18(20)21/h1-8,13H,(H,17,19). The zero-order chi connectivity index (χ0) is 15.4. The molecule has 0 saturated carbocycles. The molecule has 0 bridgehead atoms. The van der Waals surface area contributed by atoms with E-state index in [0.29, 0.717) is 5.56 Å². The lowest BCUT2D eigenvalue weighted by Gasteiger charge is -2.10. The molecule has 2 aromatic rings. The maximum Gasteiger partial charge on any atom is 0.274 e. The Balaban J connectivity index is 2.18. The van der Waals surface area contributed by atoms with Gasteiger partial charge < -0.3 is 5.32 Å². The fourth-order valence-electron chi connectivity index (χ4n) is 1.73. The molecular formula is C14H10ClFN2O3. The zero-order valence-corrected chi connectivity index (χ0v) is 11.4. The number of rotatable bonds is 4. The molecule has 0 saturated heterocycles. The summed E-state index contributed by atoms with van der Waals surface area (Å²) < 4.78 is 13.3. The van der Waals surface area contributed by atoms with Crippen LogP contribution in [0.15, 0.2) is 48.5 Å². The van der Waals surface area contributed by atoms with Gasteiger partial charge in [0, 0.05) is 6.07 Å². The van der Waals surface area contributed by atoms with Crippen LogP contribution in [0.3, 0.4) is 0 Å². The van der Waals surface area contributed by atoms with E-state index in [1.54, 1.807) is 30.3 Å². The van der Waals surface area contributed by atoms with Crippen LogP contribution in [0, 0.1) is 15.9 Å². The minimum absolute atomic E-state index is 0.0201. The average Bonchev–Trinajstić information content (AvgIpc) is 2.46. The summed E-state index contributed by atoms with van der Waals surface area (Å²) in [6.45, 7) is 0. The van der Waals surface area contributed by atoms with Crippen molar-refractivity contribution in [3.63, 3.8) is 0 Å². The van der Waals surface area contributed by atoms with E-state index < -0.39 is 27.7 Å². The summed E-state index contributed by atoms with van der Waals surface area (Å²) in [7, 11) is 0. The van der Waals surface area contributed by atoms with Crippen molar-refractivity contribution in [2.45, 2.75) is 5.38 Å². The quantitative estimate of drug-likeness (QED) is 0.532. The van der Waals surface area contributed by atoms with Crippen molar-refractivity contribution in [3.8, 4) is 0 Å². The zero-order valence-electron chi connectivity index (χ0n) is 10.6. The Labute approximate surface area is 124 Å². The number of alkyl halides is 1. The van der Waals surface area contributed by atoms with Gasteiger partial charge in [0.05, 0.1) is 16.7 Å². The van der Waals surface area contributed by atoms with Crippen LogP contribution in [0.2, 0.25) is 0 Å².